The maximum Gasteiger partial charge on any atom is 0.254 e. The largest absolute Gasteiger partial charge is 0.364 e. The van der Waals surface area contributed by atoms with Gasteiger partial charge in [0.2, 0.25) is 11.9 Å². The molecule has 2 aliphatic heterocycles. The van der Waals surface area contributed by atoms with Crippen LogP contribution >= 0.6 is 0 Å². The summed E-state index contributed by atoms with van der Waals surface area (Å²) in [6, 6.07) is 15.2. The number of benzene rings is 2. The van der Waals surface area contributed by atoms with E-state index in [-0.39, 0.29) is 11.8 Å². The van der Waals surface area contributed by atoms with Crippen LogP contribution in [0.3, 0.4) is 0 Å². The van der Waals surface area contributed by atoms with Crippen molar-refractivity contribution in [3.05, 3.63) is 54.1 Å². The molecule has 5 rings (SSSR count). The van der Waals surface area contributed by atoms with E-state index in [9.17, 15) is 9.59 Å². The first-order valence-corrected chi connectivity index (χ1v) is 10.1. The highest BCUT2D eigenvalue weighted by molar-refractivity contribution is 6.04. The lowest BCUT2D eigenvalue weighted by Gasteiger charge is -2.35. The van der Waals surface area contributed by atoms with Gasteiger partial charge in [-0.3, -0.25) is 9.59 Å². The average Bonchev–Trinajstić information content (AvgIpc) is 3.29. The number of nitrogens with zero attached hydrogens (tertiary/aromatic N) is 7. The van der Waals surface area contributed by atoms with Crippen LogP contribution in [0.5, 0.6) is 0 Å². The van der Waals surface area contributed by atoms with Crippen LogP contribution in [-0.4, -0.2) is 76.7 Å². The Morgan fingerprint density at radius 2 is 1.81 bits per heavy atom. The summed E-state index contributed by atoms with van der Waals surface area (Å²) in [4.78, 5) is 30.7. The van der Waals surface area contributed by atoms with Crippen molar-refractivity contribution in [2.45, 2.75) is 0 Å². The minimum absolute atomic E-state index is 0.0485. The first-order chi connectivity index (χ1) is 15.1. The Morgan fingerprint density at radius 1 is 1.03 bits per heavy atom. The van der Waals surface area contributed by atoms with Crippen molar-refractivity contribution in [3.63, 3.8) is 0 Å². The molecule has 1 fully saturated rings. The third-order valence-corrected chi connectivity index (χ3v) is 5.61. The second kappa shape index (κ2) is 7.71. The highest BCUT2D eigenvalue weighted by atomic mass is 16.2. The minimum Gasteiger partial charge on any atom is -0.364 e. The summed E-state index contributed by atoms with van der Waals surface area (Å²) < 4.78 is 1.71. The number of rotatable bonds is 3. The summed E-state index contributed by atoms with van der Waals surface area (Å²) in [7, 11) is 1.86. The van der Waals surface area contributed by atoms with Gasteiger partial charge in [-0.1, -0.05) is 23.3 Å². The lowest BCUT2D eigenvalue weighted by Crippen LogP contribution is -2.49. The third kappa shape index (κ3) is 3.56. The van der Waals surface area contributed by atoms with Crippen LogP contribution in [0.15, 0.2) is 48.5 Å². The molecule has 10 heteroatoms. The van der Waals surface area contributed by atoms with E-state index in [1.165, 1.54) is 0 Å². The normalized spacial score (nSPS) is 16.2. The fourth-order valence-corrected chi connectivity index (χ4v) is 4.00. The number of anilines is 3. The lowest BCUT2D eigenvalue weighted by atomic mass is 10.1. The second-order valence-corrected chi connectivity index (χ2v) is 7.64. The van der Waals surface area contributed by atoms with Crippen LogP contribution in [0, 0.1) is 0 Å². The van der Waals surface area contributed by atoms with E-state index in [1.807, 2.05) is 59.3 Å². The van der Waals surface area contributed by atoms with Gasteiger partial charge in [-0.05, 0) is 40.8 Å². The number of para-hydroxylation sites is 1. The first kappa shape index (κ1) is 19.0. The number of nitrogens with one attached hydrogen (secondary N) is 1. The predicted octanol–water partition coefficient (Wildman–Crippen LogP) is 1.01. The SMILES string of the molecule is CN1CC(=O)Nc2cc(C(=O)N3CCN(c4nnnn4-c4ccccc4)CC3)ccc21. The molecular weight excluding hydrogens is 396 g/mol. The molecular formula is C21H22N8O2. The van der Waals surface area contributed by atoms with Gasteiger partial charge in [0, 0.05) is 38.8 Å². The van der Waals surface area contributed by atoms with Gasteiger partial charge in [0.05, 0.1) is 23.6 Å². The van der Waals surface area contributed by atoms with Gasteiger partial charge in [0.15, 0.2) is 0 Å². The molecule has 2 amide bonds. The van der Waals surface area contributed by atoms with E-state index in [2.05, 4.69) is 25.7 Å². The monoisotopic (exact) mass is 418 g/mol. The molecule has 0 atom stereocenters. The summed E-state index contributed by atoms with van der Waals surface area (Å²) in [6.07, 6.45) is 0. The number of fused-ring (bicyclic) bond motifs is 1. The second-order valence-electron chi connectivity index (χ2n) is 7.64. The molecule has 1 saturated heterocycles. The Kier molecular flexibility index (Phi) is 4.73. The summed E-state index contributed by atoms with van der Waals surface area (Å²) in [5, 5.41) is 15.0. The van der Waals surface area contributed by atoms with Crippen LogP contribution in [0.1, 0.15) is 10.4 Å². The molecule has 1 N–H and O–H groups in total. The molecule has 0 saturated carbocycles. The zero-order valence-electron chi connectivity index (χ0n) is 17.1. The zero-order chi connectivity index (χ0) is 21.4. The molecule has 2 aliphatic rings. The van der Waals surface area contributed by atoms with Gasteiger partial charge in [0.25, 0.3) is 5.91 Å². The van der Waals surface area contributed by atoms with Crippen LogP contribution < -0.4 is 15.1 Å². The van der Waals surface area contributed by atoms with E-state index in [0.717, 1.165) is 11.4 Å². The number of carbonyl (C=O) groups excluding carboxylic acids is 2. The topological polar surface area (TPSA) is 99.5 Å². The van der Waals surface area contributed by atoms with Crippen molar-refractivity contribution in [2.24, 2.45) is 0 Å². The van der Waals surface area contributed by atoms with Crippen LogP contribution in [0.2, 0.25) is 0 Å². The summed E-state index contributed by atoms with van der Waals surface area (Å²) in [5.74, 6) is 0.537. The molecule has 10 nitrogen and oxygen atoms in total. The number of aromatic nitrogens is 4. The molecule has 3 heterocycles. The van der Waals surface area contributed by atoms with Gasteiger partial charge in [-0.15, -0.1) is 0 Å². The Hall–Kier alpha value is -3.95. The minimum atomic E-state index is -0.0793. The fourth-order valence-electron chi connectivity index (χ4n) is 4.00. The van der Waals surface area contributed by atoms with Crippen molar-refractivity contribution in [3.8, 4) is 5.69 Å². The fraction of sp³-hybridized carbons (Fsp3) is 0.286. The molecule has 2 aromatic carbocycles. The number of likely N-dealkylation sites (N-methyl/N-ethyl adjacent to an activating group) is 1. The number of hydrogen-bond donors (Lipinski definition) is 1. The van der Waals surface area contributed by atoms with E-state index < -0.39 is 0 Å². The number of amides is 2. The smallest absolute Gasteiger partial charge is 0.254 e. The molecule has 158 valence electrons. The van der Waals surface area contributed by atoms with E-state index in [0.29, 0.717) is 49.9 Å². The van der Waals surface area contributed by atoms with Crippen molar-refractivity contribution in [2.75, 3.05) is 54.9 Å². The number of tetrazole rings is 1. The number of hydrogen-bond acceptors (Lipinski definition) is 7. The highest BCUT2D eigenvalue weighted by Gasteiger charge is 2.27. The van der Waals surface area contributed by atoms with Crippen molar-refractivity contribution in [1.29, 1.82) is 0 Å². The standard InChI is InChI=1S/C21H22N8O2/c1-26-14-19(30)22-17-13-15(7-8-18(17)26)20(31)27-9-11-28(12-10-27)21-23-24-25-29(21)16-5-3-2-4-6-16/h2-8,13H,9-12,14H2,1H3,(H,22,30). The molecule has 1 aromatic heterocycles. The quantitative estimate of drug-likeness (QED) is 0.678. The maximum absolute atomic E-state index is 13.1. The molecule has 3 aromatic rings. The predicted molar refractivity (Wildman–Crippen MR) is 116 cm³/mol. The number of piperazine rings is 1. The van der Waals surface area contributed by atoms with Crippen LogP contribution in [0.25, 0.3) is 5.69 Å². The Bertz CT molecular complexity index is 1120. The molecule has 0 radical (unpaired) electrons. The third-order valence-electron chi connectivity index (χ3n) is 5.61. The van der Waals surface area contributed by atoms with Crippen molar-refractivity contribution >= 4 is 29.1 Å². The Labute approximate surface area is 179 Å². The van der Waals surface area contributed by atoms with Crippen LogP contribution in [-0.2, 0) is 4.79 Å². The maximum atomic E-state index is 13.1. The van der Waals surface area contributed by atoms with E-state index in [1.54, 1.807) is 10.7 Å². The number of carbonyl (C=O) groups is 2. The van der Waals surface area contributed by atoms with Gasteiger partial charge in [0.1, 0.15) is 0 Å². The highest BCUT2D eigenvalue weighted by Crippen LogP contribution is 2.30. The molecule has 0 spiro atoms. The molecule has 31 heavy (non-hydrogen) atoms. The van der Waals surface area contributed by atoms with Crippen molar-refractivity contribution < 1.29 is 9.59 Å². The molecule has 0 unspecified atom stereocenters. The van der Waals surface area contributed by atoms with Gasteiger partial charge < -0.3 is 20.0 Å². The Morgan fingerprint density at radius 3 is 2.58 bits per heavy atom. The van der Waals surface area contributed by atoms with Gasteiger partial charge >= 0.3 is 0 Å². The van der Waals surface area contributed by atoms with Gasteiger partial charge in [-0.2, -0.15) is 4.68 Å². The van der Waals surface area contributed by atoms with Crippen molar-refractivity contribution in [1.82, 2.24) is 25.1 Å². The van der Waals surface area contributed by atoms with Gasteiger partial charge in [-0.25, -0.2) is 0 Å². The summed E-state index contributed by atoms with van der Waals surface area (Å²) in [5.41, 5.74) is 3.04. The molecule has 0 bridgehead atoms. The van der Waals surface area contributed by atoms with E-state index >= 15 is 0 Å². The summed E-state index contributed by atoms with van der Waals surface area (Å²) in [6.45, 7) is 2.69. The lowest BCUT2D eigenvalue weighted by molar-refractivity contribution is -0.115. The average molecular weight is 418 g/mol. The zero-order valence-corrected chi connectivity index (χ0v) is 17.1. The van der Waals surface area contributed by atoms with Crippen LogP contribution in [0.4, 0.5) is 17.3 Å². The first-order valence-electron chi connectivity index (χ1n) is 10.1. The Balaban J connectivity index is 1.29. The molecule has 0 aliphatic carbocycles. The van der Waals surface area contributed by atoms with E-state index in [4.69, 9.17) is 0 Å². The summed E-state index contributed by atoms with van der Waals surface area (Å²) >= 11 is 0.